The van der Waals surface area contributed by atoms with Crippen molar-refractivity contribution in [2.45, 2.75) is 19.4 Å². The molecule has 0 saturated carbocycles. The summed E-state index contributed by atoms with van der Waals surface area (Å²) in [6.07, 6.45) is 4.05. The molecular formula is C32H28ClN9O5. The second kappa shape index (κ2) is 14.8. The van der Waals surface area contributed by atoms with Crippen LogP contribution in [0.5, 0.6) is 0 Å². The predicted octanol–water partition coefficient (Wildman–Crippen LogP) is 4.32. The number of halogens is 1. The second-order valence-corrected chi connectivity index (χ2v) is 10.6. The molecule has 0 aliphatic heterocycles. The third-order valence-electron chi connectivity index (χ3n) is 6.84. The summed E-state index contributed by atoms with van der Waals surface area (Å²) in [5.74, 6) is -0.642. The smallest absolute Gasteiger partial charge is 0.411 e. The number of nitrogens with zero attached hydrogens (tertiary/aromatic N) is 5. The molecule has 14 nitrogen and oxygen atoms in total. The highest BCUT2D eigenvalue weighted by Gasteiger charge is 2.19. The first kappa shape index (κ1) is 32.2. The molecule has 3 aromatic carbocycles. The number of carbonyl (C=O) groups excluding carboxylic acids is 3. The van der Waals surface area contributed by atoms with Crippen molar-refractivity contribution in [1.82, 2.24) is 35.7 Å². The quantitative estimate of drug-likeness (QED) is 0.159. The lowest BCUT2D eigenvalue weighted by molar-refractivity contribution is -0.117. The van der Waals surface area contributed by atoms with Gasteiger partial charge in [0.25, 0.3) is 5.56 Å². The van der Waals surface area contributed by atoms with Gasteiger partial charge in [0.2, 0.25) is 11.8 Å². The van der Waals surface area contributed by atoms with Crippen LogP contribution < -0.4 is 21.5 Å². The fourth-order valence-corrected chi connectivity index (χ4v) is 4.81. The van der Waals surface area contributed by atoms with Gasteiger partial charge in [-0.05, 0) is 82.6 Å². The lowest BCUT2D eigenvalue weighted by atomic mass is 9.99. The molecule has 0 spiro atoms. The summed E-state index contributed by atoms with van der Waals surface area (Å²) >= 11 is 6.22. The fraction of sp³-hybridized carbons (Fsp3) is 0.125. The highest BCUT2D eigenvalue weighted by molar-refractivity contribution is 6.30. The first-order valence-electron chi connectivity index (χ1n) is 14.1. The topological polar surface area (TPSA) is 186 Å². The highest BCUT2D eigenvalue weighted by atomic mass is 35.5. The number of carbonyl (C=O) groups is 3. The van der Waals surface area contributed by atoms with Crippen molar-refractivity contribution < 1.29 is 19.1 Å². The van der Waals surface area contributed by atoms with Crippen molar-refractivity contribution in [2.24, 2.45) is 0 Å². The molecule has 0 saturated heterocycles. The van der Waals surface area contributed by atoms with Gasteiger partial charge in [0.15, 0.2) is 0 Å². The van der Waals surface area contributed by atoms with Gasteiger partial charge >= 0.3 is 6.09 Å². The molecule has 5 aromatic rings. The summed E-state index contributed by atoms with van der Waals surface area (Å²) in [5, 5.41) is 26.8. The molecule has 47 heavy (non-hydrogen) atoms. The third-order valence-corrected chi connectivity index (χ3v) is 7.07. The van der Waals surface area contributed by atoms with Gasteiger partial charge in [-0.25, -0.2) is 9.89 Å². The van der Waals surface area contributed by atoms with Crippen LogP contribution in [0.2, 0.25) is 5.02 Å². The molecule has 1 atom stereocenters. The number of hydrogen-bond donors (Lipinski definition) is 4. The molecule has 0 fully saturated rings. The Morgan fingerprint density at radius 1 is 1.00 bits per heavy atom. The molecule has 4 N–H and O–H groups in total. The first-order valence-corrected chi connectivity index (χ1v) is 14.5. The Balaban J connectivity index is 1.44. The van der Waals surface area contributed by atoms with Crippen LogP contribution in [0.25, 0.3) is 22.9 Å². The summed E-state index contributed by atoms with van der Waals surface area (Å²) in [6.45, 7) is 1.42. The van der Waals surface area contributed by atoms with Crippen LogP contribution in [-0.4, -0.2) is 55.4 Å². The zero-order valence-electron chi connectivity index (χ0n) is 25.1. The van der Waals surface area contributed by atoms with Crippen molar-refractivity contribution in [2.75, 3.05) is 17.7 Å². The molecule has 2 aromatic heterocycles. The summed E-state index contributed by atoms with van der Waals surface area (Å²) in [4.78, 5) is 49.2. The van der Waals surface area contributed by atoms with E-state index in [9.17, 15) is 19.2 Å². The number of tetrazole rings is 1. The second-order valence-electron chi connectivity index (χ2n) is 10.2. The molecule has 238 valence electrons. The third kappa shape index (κ3) is 8.52. The van der Waals surface area contributed by atoms with Crippen molar-refractivity contribution in [3.63, 3.8) is 0 Å². The summed E-state index contributed by atoms with van der Waals surface area (Å²) in [7, 11) is 1.26. The molecule has 0 radical (unpaired) electrons. The van der Waals surface area contributed by atoms with Crippen LogP contribution in [0, 0.1) is 0 Å². The number of methoxy groups -OCH3 is 1. The van der Waals surface area contributed by atoms with E-state index in [-0.39, 0.29) is 5.91 Å². The Labute approximate surface area is 272 Å². The van der Waals surface area contributed by atoms with Crippen LogP contribution in [0.15, 0.2) is 90.0 Å². The van der Waals surface area contributed by atoms with E-state index in [0.29, 0.717) is 50.9 Å². The molecular weight excluding hydrogens is 626 g/mol. The fourth-order valence-electron chi connectivity index (χ4n) is 4.63. The monoisotopic (exact) mass is 653 g/mol. The van der Waals surface area contributed by atoms with E-state index in [1.807, 2.05) is 12.1 Å². The van der Waals surface area contributed by atoms with Crippen LogP contribution in [0.4, 0.5) is 16.2 Å². The van der Waals surface area contributed by atoms with E-state index in [4.69, 9.17) is 11.6 Å². The van der Waals surface area contributed by atoms with E-state index in [0.717, 1.165) is 5.56 Å². The average Bonchev–Trinajstić information content (AvgIpc) is 3.60. The maximum Gasteiger partial charge on any atom is 0.411 e. The van der Waals surface area contributed by atoms with E-state index >= 15 is 0 Å². The number of H-pyrrole nitrogens is 1. The van der Waals surface area contributed by atoms with Gasteiger partial charge in [0.05, 0.1) is 30.1 Å². The van der Waals surface area contributed by atoms with E-state index < -0.39 is 23.6 Å². The van der Waals surface area contributed by atoms with Crippen LogP contribution in [-0.2, 0) is 20.7 Å². The average molecular weight is 654 g/mol. The molecule has 2 heterocycles. The zero-order valence-corrected chi connectivity index (χ0v) is 25.9. The number of anilines is 2. The van der Waals surface area contributed by atoms with Gasteiger partial charge in [-0.2, -0.15) is 9.78 Å². The van der Waals surface area contributed by atoms with E-state index in [2.05, 4.69) is 46.4 Å². The van der Waals surface area contributed by atoms with Crippen LogP contribution in [0.1, 0.15) is 29.8 Å². The SMILES string of the molecule is COC(=O)Nc1ccc(-c2cc(C(Cc3ccc(NC(C)=O)cc3)NC(=O)/C=C/c3cc(Cl)ccc3-n3cnnn3)n[nH]c2=O)cc1. The molecule has 15 heteroatoms. The number of aromatic nitrogens is 6. The number of aromatic amines is 1. The molecule has 5 rings (SSSR count). The molecule has 0 bridgehead atoms. The number of benzene rings is 3. The van der Waals surface area contributed by atoms with Crippen LogP contribution in [0.3, 0.4) is 0 Å². The minimum absolute atomic E-state index is 0.197. The van der Waals surface area contributed by atoms with Gasteiger partial charge < -0.3 is 15.4 Å². The maximum absolute atomic E-state index is 13.4. The van der Waals surface area contributed by atoms with Crippen molar-refractivity contribution in [3.05, 3.63) is 117 Å². The number of amides is 3. The van der Waals surface area contributed by atoms with Gasteiger partial charge in [-0.1, -0.05) is 35.9 Å². The molecule has 1 unspecified atom stereocenters. The van der Waals surface area contributed by atoms with Crippen molar-refractivity contribution in [1.29, 1.82) is 0 Å². The van der Waals surface area contributed by atoms with Gasteiger partial charge in [0.1, 0.15) is 6.33 Å². The Morgan fingerprint density at radius 2 is 1.72 bits per heavy atom. The van der Waals surface area contributed by atoms with Gasteiger partial charge in [-0.3, -0.25) is 19.7 Å². The predicted molar refractivity (Wildman–Crippen MR) is 175 cm³/mol. The Morgan fingerprint density at radius 3 is 2.40 bits per heavy atom. The zero-order chi connectivity index (χ0) is 33.3. The molecule has 0 aliphatic rings. The molecule has 0 aliphatic carbocycles. The van der Waals surface area contributed by atoms with E-state index in [1.54, 1.807) is 66.7 Å². The minimum Gasteiger partial charge on any atom is -0.453 e. The number of nitrogens with one attached hydrogen (secondary N) is 4. The van der Waals surface area contributed by atoms with E-state index in [1.165, 1.54) is 31.1 Å². The normalized spacial score (nSPS) is 11.6. The highest BCUT2D eigenvalue weighted by Crippen LogP contribution is 2.24. The van der Waals surface area contributed by atoms with Crippen molar-refractivity contribution in [3.8, 4) is 16.8 Å². The lowest BCUT2D eigenvalue weighted by Gasteiger charge is -2.18. The minimum atomic E-state index is -0.687. The van der Waals surface area contributed by atoms with Gasteiger partial charge in [0, 0.05) is 35.0 Å². The summed E-state index contributed by atoms with van der Waals surface area (Å²) in [6, 6.07) is 19.8. The summed E-state index contributed by atoms with van der Waals surface area (Å²) < 4.78 is 6.07. The number of ether oxygens (including phenoxy) is 1. The van der Waals surface area contributed by atoms with Crippen LogP contribution >= 0.6 is 11.6 Å². The Hall–Kier alpha value is -6.15. The lowest BCUT2D eigenvalue weighted by Crippen LogP contribution is -2.30. The Kier molecular flexibility index (Phi) is 10.1. The number of rotatable bonds is 10. The van der Waals surface area contributed by atoms with Gasteiger partial charge in [-0.15, -0.1) is 5.10 Å². The summed E-state index contributed by atoms with van der Waals surface area (Å²) in [5.41, 5.74) is 3.96. The maximum atomic E-state index is 13.4. The number of hydrogen-bond acceptors (Lipinski definition) is 9. The molecule has 3 amide bonds. The van der Waals surface area contributed by atoms with Crippen molar-refractivity contribution >= 4 is 47.0 Å². The first-order chi connectivity index (χ1) is 22.7. The standard InChI is InChI=1S/C32H28ClN9O5/c1-19(43)35-24-9-3-20(4-10-24)15-27(37-30(44)14-7-22-16-23(33)8-13-29(22)42-18-34-40-41-42)28-17-26(31(45)39-38-28)21-5-11-25(12-6-21)36-32(46)47-2/h3-14,16-18,27H,15H2,1-2H3,(H,35,43)(H,36,46)(H,37,44)(H,39,45)/b14-7+. The Bertz CT molecular complexity index is 1980. The largest absolute Gasteiger partial charge is 0.453 e.